The zero-order valence-corrected chi connectivity index (χ0v) is 25.8. The van der Waals surface area contributed by atoms with E-state index in [0.29, 0.717) is 18.7 Å². The molecule has 3 aromatic carbocycles. The summed E-state index contributed by atoms with van der Waals surface area (Å²) in [4.78, 5) is 27.8. The van der Waals surface area contributed by atoms with Crippen molar-refractivity contribution in [3.8, 4) is 0 Å². The monoisotopic (exact) mass is 620 g/mol. The third kappa shape index (κ3) is 8.75. The van der Waals surface area contributed by atoms with Crippen molar-refractivity contribution < 1.29 is 22.9 Å². The number of non-ortho nitro benzene ring substituents is 1. The van der Waals surface area contributed by atoms with Crippen LogP contribution in [0.25, 0.3) is 0 Å². The van der Waals surface area contributed by atoms with Crippen molar-refractivity contribution in [3.63, 3.8) is 0 Å². The average Bonchev–Trinajstić information content (AvgIpc) is 3.05. The zero-order chi connectivity index (χ0) is 31.5. The molecule has 0 aromatic heterocycles. The van der Waals surface area contributed by atoms with Crippen molar-refractivity contribution in [1.82, 2.24) is 14.1 Å². The van der Waals surface area contributed by atoms with Crippen LogP contribution in [-0.4, -0.2) is 79.4 Å². The van der Waals surface area contributed by atoms with E-state index in [2.05, 4.69) is 23.6 Å². The Bertz CT molecular complexity index is 1480. The fraction of sp³-hybridized carbons (Fsp3) is 0.364. The fourth-order valence-corrected chi connectivity index (χ4v) is 6.75. The fourth-order valence-electron chi connectivity index (χ4n) is 5.52. The van der Waals surface area contributed by atoms with Crippen molar-refractivity contribution in [2.45, 2.75) is 42.7 Å². The molecule has 1 atom stereocenters. The molecule has 1 aliphatic rings. The second-order valence-corrected chi connectivity index (χ2v) is 13.0. The molecular weight excluding hydrogens is 580 g/mol. The van der Waals surface area contributed by atoms with Crippen LogP contribution < -0.4 is 0 Å². The second kappa shape index (κ2) is 15.6. The maximum absolute atomic E-state index is 13.2. The van der Waals surface area contributed by atoms with Crippen LogP contribution in [0.3, 0.4) is 0 Å². The van der Waals surface area contributed by atoms with Gasteiger partial charge in [-0.3, -0.25) is 10.1 Å². The first-order chi connectivity index (χ1) is 21.2. The largest absolute Gasteiger partial charge is 0.445 e. The third-order valence-corrected chi connectivity index (χ3v) is 9.90. The number of carbonyl (C=O) groups is 1. The highest BCUT2D eigenvalue weighted by molar-refractivity contribution is 7.89. The van der Waals surface area contributed by atoms with E-state index in [-0.39, 0.29) is 29.1 Å². The molecule has 0 saturated carbocycles. The van der Waals surface area contributed by atoms with Gasteiger partial charge in [-0.2, -0.15) is 0 Å². The smallest absolute Gasteiger partial charge is 0.410 e. The second-order valence-electron chi connectivity index (χ2n) is 11.0. The lowest BCUT2D eigenvalue weighted by Crippen LogP contribution is -2.48. The number of nitro benzene ring substituents is 1. The van der Waals surface area contributed by atoms with Crippen LogP contribution >= 0.6 is 0 Å². The molecule has 0 unspecified atom stereocenters. The minimum Gasteiger partial charge on any atom is -0.445 e. The lowest BCUT2D eigenvalue weighted by Gasteiger charge is -2.38. The van der Waals surface area contributed by atoms with Gasteiger partial charge in [0.05, 0.1) is 9.82 Å². The minimum atomic E-state index is -3.61. The highest BCUT2D eigenvalue weighted by Crippen LogP contribution is 2.26. The van der Waals surface area contributed by atoms with Crippen molar-refractivity contribution in [3.05, 3.63) is 119 Å². The first-order valence-electron chi connectivity index (χ1n) is 14.8. The van der Waals surface area contributed by atoms with Gasteiger partial charge in [-0.15, -0.1) is 6.58 Å². The normalized spacial score (nSPS) is 15.0. The Labute approximate surface area is 259 Å². The van der Waals surface area contributed by atoms with E-state index in [0.717, 1.165) is 44.5 Å². The zero-order valence-electron chi connectivity index (χ0n) is 25.0. The highest BCUT2D eigenvalue weighted by Gasteiger charge is 2.29. The van der Waals surface area contributed by atoms with E-state index in [1.165, 1.54) is 16.4 Å². The molecule has 1 fully saturated rings. The van der Waals surface area contributed by atoms with Crippen LogP contribution in [0.4, 0.5) is 10.5 Å². The average molecular weight is 621 g/mol. The predicted molar refractivity (Wildman–Crippen MR) is 170 cm³/mol. The van der Waals surface area contributed by atoms with E-state index in [1.54, 1.807) is 60.5 Å². The molecule has 1 aliphatic heterocycles. The van der Waals surface area contributed by atoms with E-state index < -0.39 is 21.0 Å². The maximum atomic E-state index is 13.2. The van der Waals surface area contributed by atoms with Crippen molar-refractivity contribution >= 4 is 21.8 Å². The first kappa shape index (κ1) is 32.8. The molecule has 0 bridgehead atoms. The molecule has 234 valence electrons. The van der Waals surface area contributed by atoms with Crippen LogP contribution in [0.2, 0.25) is 0 Å². The molecule has 1 amide bonds. The van der Waals surface area contributed by atoms with E-state index in [1.807, 2.05) is 18.2 Å². The molecule has 11 heteroatoms. The molecular formula is C33H40N4O6S. The van der Waals surface area contributed by atoms with Crippen LogP contribution in [0.1, 0.15) is 36.3 Å². The Morgan fingerprint density at radius 1 is 1.05 bits per heavy atom. The number of ether oxygens (including phenoxy) is 1. The van der Waals surface area contributed by atoms with Gasteiger partial charge in [0.2, 0.25) is 10.0 Å². The maximum Gasteiger partial charge on any atom is 0.410 e. The van der Waals surface area contributed by atoms with E-state index in [4.69, 9.17) is 4.74 Å². The summed E-state index contributed by atoms with van der Waals surface area (Å²) in [6.45, 7) is 6.96. The summed E-state index contributed by atoms with van der Waals surface area (Å²) in [6.07, 6.45) is 3.59. The Morgan fingerprint density at radius 3 is 2.25 bits per heavy atom. The van der Waals surface area contributed by atoms with Gasteiger partial charge in [0.1, 0.15) is 6.61 Å². The number of nitro groups is 1. The van der Waals surface area contributed by atoms with Crippen molar-refractivity contribution in [2.75, 3.05) is 39.8 Å². The molecule has 0 aliphatic carbocycles. The molecule has 0 radical (unpaired) electrons. The molecule has 44 heavy (non-hydrogen) atoms. The Balaban J connectivity index is 1.32. The summed E-state index contributed by atoms with van der Waals surface area (Å²) in [6, 6.07) is 24.5. The molecule has 1 heterocycles. The van der Waals surface area contributed by atoms with Gasteiger partial charge in [-0.05, 0) is 67.1 Å². The van der Waals surface area contributed by atoms with Gasteiger partial charge in [-0.25, -0.2) is 17.5 Å². The van der Waals surface area contributed by atoms with Gasteiger partial charge in [0, 0.05) is 51.4 Å². The standard InChI is InChI=1S/C33H40N4O6S/c1-3-21-36(33(38)43-26-27-14-16-31(17-15-27)37(39)40)30-19-23-35(24-20-30)22-18-29(28-10-6-4-7-11-28)25-34(2)44(41,42)32-12-8-5-9-13-32/h3-17,29-30H,1,18-26H2,2H3/t29-/m0/s1. The number of nitrogens with zero attached hydrogens (tertiary/aromatic N) is 4. The highest BCUT2D eigenvalue weighted by atomic mass is 32.2. The molecule has 3 aromatic rings. The van der Waals surface area contributed by atoms with Gasteiger partial charge in [0.25, 0.3) is 5.69 Å². The van der Waals surface area contributed by atoms with Crippen molar-refractivity contribution in [2.24, 2.45) is 0 Å². The molecule has 10 nitrogen and oxygen atoms in total. The Morgan fingerprint density at radius 2 is 1.66 bits per heavy atom. The number of piperidine rings is 1. The number of likely N-dealkylation sites (tertiary alicyclic amines) is 1. The summed E-state index contributed by atoms with van der Waals surface area (Å²) < 4.78 is 33.4. The summed E-state index contributed by atoms with van der Waals surface area (Å²) >= 11 is 0. The number of carbonyl (C=O) groups excluding carboxylic acids is 1. The number of rotatable bonds is 14. The number of hydrogen-bond acceptors (Lipinski definition) is 7. The van der Waals surface area contributed by atoms with Crippen LogP contribution in [-0.2, 0) is 21.4 Å². The number of amides is 1. The van der Waals surface area contributed by atoms with Crippen LogP contribution in [0.5, 0.6) is 0 Å². The summed E-state index contributed by atoms with van der Waals surface area (Å²) in [5.74, 6) is 0.0177. The van der Waals surface area contributed by atoms with Gasteiger partial charge < -0.3 is 14.5 Å². The summed E-state index contributed by atoms with van der Waals surface area (Å²) in [7, 11) is -1.97. The topological polar surface area (TPSA) is 113 Å². The lowest BCUT2D eigenvalue weighted by atomic mass is 9.94. The number of likely N-dealkylation sites (N-methyl/N-ethyl adjacent to an activating group) is 1. The van der Waals surface area contributed by atoms with Crippen LogP contribution in [0.15, 0.2) is 102 Å². The van der Waals surface area contributed by atoms with Crippen LogP contribution in [0, 0.1) is 10.1 Å². The lowest BCUT2D eigenvalue weighted by molar-refractivity contribution is -0.384. The number of hydrogen-bond donors (Lipinski definition) is 0. The minimum absolute atomic E-state index is 0.000629. The van der Waals surface area contributed by atoms with E-state index in [9.17, 15) is 23.3 Å². The third-order valence-electron chi connectivity index (χ3n) is 8.06. The van der Waals surface area contributed by atoms with Gasteiger partial charge in [-0.1, -0.05) is 54.6 Å². The number of sulfonamides is 1. The summed E-state index contributed by atoms with van der Waals surface area (Å²) in [5.41, 5.74) is 1.76. The van der Waals surface area contributed by atoms with E-state index >= 15 is 0 Å². The van der Waals surface area contributed by atoms with Gasteiger partial charge >= 0.3 is 6.09 Å². The molecule has 1 saturated heterocycles. The quantitative estimate of drug-likeness (QED) is 0.129. The Kier molecular flexibility index (Phi) is 11.6. The molecule has 0 spiro atoms. The van der Waals surface area contributed by atoms with Gasteiger partial charge in [0.15, 0.2) is 0 Å². The molecule has 0 N–H and O–H groups in total. The number of benzene rings is 3. The summed E-state index contributed by atoms with van der Waals surface area (Å²) in [5, 5.41) is 10.9. The Hall–Kier alpha value is -4.06. The SMILES string of the molecule is C=CCN(C(=O)OCc1ccc([N+](=O)[O-])cc1)C1CCN(CC[C@@H](CN(C)S(=O)(=O)c2ccccc2)c2ccccc2)CC1. The van der Waals surface area contributed by atoms with Crippen molar-refractivity contribution in [1.29, 1.82) is 0 Å². The first-order valence-corrected chi connectivity index (χ1v) is 16.2. The molecule has 4 rings (SSSR count). The predicted octanol–water partition coefficient (Wildman–Crippen LogP) is 5.68.